The highest BCUT2D eigenvalue weighted by Gasteiger charge is 2.27. The number of benzene rings is 1. The Kier molecular flexibility index (Phi) is 4.52. The van der Waals surface area contributed by atoms with E-state index in [0.717, 1.165) is 0 Å². The number of carboxylic acid groups (broad SMARTS) is 1. The number of aliphatic carboxylic acids is 1. The lowest BCUT2D eigenvalue weighted by molar-refractivity contribution is -0.384. The van der Waals surface area contributed by atoms with Gasteiger partial charge in [0.25, 0.3) is 5.69 Å². The molecule has 7 nitrogen and oxygen atoms in total. The van der Waals surface area contributed by atoms with Gasteiger partial charge >= 0.3 is 5.97 Å². The molecule has 0 spiro atoms. The number of nitrogens with zero attached hydrogens (tertiary/aromatic N) is 2. The Hall–Kier alpha value is -2.44. The summed E-state index contributed by atoms with van der Waals surface area (Å²) in [7, 11) is 0. The van der Waals surface area contributed by atoms with Gasteiger partial charge in [0.1, 0.15) is 0 Å². The topological polar surface area (TPSA) is 101 Å². The van der Waals surface area contributed by atoms with Gasteiger partial charge in [-0.25, -0.2) is 0 Å². The highest BCUT2D eigenvalue weighted by atomic mass is 16.6. The minimum absolute atomic E-state index is 0.0184. The largest absolute Gasteiger partial charge is 0.481 e. The van der Waals surface area contributed by atoms with Gasteiger partial charge in [-0.2, -0.15) is 0 Å². The standard InChI is InChI=1S/C14H16N2O5/c17-13(15-7-1-2-11(9-15)14(18)19)8-10-3-5-12(6-4-10)16(20)21/h3-6,11H,1-2,7-9H2,(H,18,19)/t11-/m0/s1. The van der Waals surface area contributed by atoms with Gasteiger partial charge in [0.15, 0.2) is 0 Å². The number of rotatable bonds is 4. The van der Waals surface area contributed by atoms with Crippen molar-refractivity contribution in [3.05, 3.63) is 39.9 Å². The average molecular weight is 292 g/mol. The molecule has 0 aromatic heterocycles. The van der Waals surface area contributed by atoms with Crippen molar-refractivity contribution in [2.45, 2.75) is 19.3 Å². The minimum Gasteiger partial charge on any atom is -0.481 e. The second-order valence-electron chi connectivity index (χ2n) is 5.12. The third-order valence-corrected chi connectivity index (χ3v) is 3.63. The van der Waals surface area contributed by atoms with E-state index in [1.165, 1.54) is 12.1 Å². The first kappa shape index (κ1) is 15.0. The number of amides is 1. The third kappa shape index (κ3) is 3.77. The van der Waals surface area contributed by atoms with Gasteiger partial charge in [0.2, 0.25) is 5.91 Å². The van der Waals surface area contributed by atoms with Crippen LogP contribution in [0.15, 0.2) is 24.3 Å². The predicted molar refractivity (Wildman–Crippen MR) is 73.7 cm³/mol. The van der Waals surface area contributed by atoms with Crippen LogP contribution in [0.25, 0.3) is 0 Å². The molecule has 0 unspecified atom stereocenters. The molecule has 0 aliphatic carbocycles. The molecule has 0 saturated carbocycles. The number of hydrogen-bond donors (Lipinski definition) is 1. The van der Waals surface area contributed by atoms with Crippen LogP contribution < -0.4 is 0 Å². The number of likely N-dealkylation sites (tertiary alicyclic amines) is 1. The Bertz CT molecular complexity index is 555. The van der Waals surface area contributed by atoms with E-state index in [4.69, 9.17) is 5.11 Å². The molecule has 1 aromatic carbocycles. The molecule has 1 saturated heterocycles. The molecule has 1 N–H and O–H groups in total. The normalized spacial score (nSPS) is 18.3. The van der Waals surface area contributed by atoms with Crippen LogP contribution in [-0.2, 0) is 16.0 Å². The lowest BCUT2D eigenvalue weighted by Gasteiger charge is -2.30. The fourth-order valence-electron chi connectivity index (χ4n) is 2.43. The molecule has 1 aliphatic heterocycles. The zero-order valence-electron chi connectivity index (χ0n) is 11.4. The first-order chi connectivity index (χ1) is 9.97. The number of carbonyl (C=O) groups excluding carboxylic acids is 1. The lowest BCUT2D eigenvalue weighted by atomic mass is 9.97. The molecule has 1 aromatic rings. The monoisotopic (exact) mass is 292 g/mol. The maximum absolute atomic E-state index is 12.2. The van der Waals surface area contributed by atoms with Crippen molar-refractivity contribution in [2.24, 2.45) is 5.92 Å². The first-order valence-corrected chi connectivity index (χ1v) is 6.71. The molecule has 7 heteroatoms. The van der Waals surface area contributed by atoms with Gasteiger partial charge < -0.3 is 10.0 Å². The van der Waals surface area contributed by atoms with Crippen LogP contribution in [0.2, 0.25) is 0 Å². The number of nitro groups is 1. The van der Waals surface area contributed by atoms with Crippen molar-refractivity contribution >= 4 is 17.6 Å². The summed E-state index contributed by atoms with van der Waals surface area (Å²) in [4.78, 5) is 34.8. The van der Waals surface area contributed by atoms with Gasteiger partial charge in [0, 0.05) is 25.2 Å². The van der Waals surface area contributed by atoms with Crippen LogP contribution in [0.3, 0.4) is 0 Å². The number of piperidine rings is 1. The van der Waals surface area contributed by atoms with E-state index in [9.17, 15) is 19.7 Å². The van der Waals surface area contributed by atoms with E-state index in [0.29, 0.717) is 24.9 Å². The zero-order chi connectivity index (χ0) is 15.4. The van der Waals surface area contributed by atoms with Crippen molar-refractivity contribution < 1.29 is 19.6 Å². The third-order valence-electron chi connectivity index (χ3n) is 3.63. The Morgan fingerprint density at radius 3 is 2.57 bits per heavy atom. The predicted octanol–water partition coefficient (Wildman–Crippen LogP) is 1.46. The summed E-state index contributed by atoms with van der Waals surface area (Å²) >= 11 is 0. The fourth-order valence-corrected chi connectivity index (χ4v) is 2.43. The number of carbonyl (C=O) groups is 2. The van der Waals surface area contributed by atoms with Crippen molar-refractivity contribution in [1.29, 1.82) is 0 Å². The molecule has 1 amide bonds. The number of hydrogen-bond acceptors (Lipinski definition) is 4. The first-order valence-electron chi connectivity index (χ1n) is 6.71. The molecule has 2 rings (SSSR count). The molecule has 1 fully saturated rings. The molecule has 21 heavy (non-hydrogen) atoms. The Labute approximate surface area is 121 Å². The SMILES string of the molecule is O=C(O)[C@H]1CCCN(C(=O)Cc2ccc([N+](=O)[O-])cc2)C1. The van der Waals surface area contributed by atoms with Crippen LogP contribution in [0.5, 0.6) is 0 Å². The number of nitro benzene ring substituents is 1. The minimum atomic E-state index is -0.872. The van der Waals surface area contributed by atoms with Crippen LogP contribution in [0, 0.1) is 16.0 Å². The summed E-state index contributed by atoms with van der Waals surface area (Å²) in [6.07, 6.45) is 1.41. The van der Waals surface area contributed by atoms with Crippen LogP contribution in [0.1, 0.15) is 18.4 Å². The van der Waals surface area contributed by atoms with Gasteiger partial charge in [-0.3, -0.25) is 19.7 Å². The van der Waals surface area contributed by atoms with Crippen molar-refractivity contribution in [2.75, 3.05) is 13.1 Å². The summed E-state index contributed by atoms with van der Waals surface area (Å²) in [5.74, 6) is -1.52. The molecule has 0 radical (unpaired) electrons. The van der Waals surface area contributed by atoms with Gasteiger partial charge in [-0.15, -0.1) is 0 Å². The van der Waals surface area contributed by atoms with Crippen molar-refractivity contribution in [1.82, 2.24) is 4.90 Å². The summed E-state index contributed by atoms with van der Waals surface area (Å²) < 4.78 is 0. The van der Waals surface area contributed by atoms with Crippen LogP contribution in [0.4, 0.5) is 5.69 Å². The van der Waals surface area contributed by atoms with Gasteiger partial charge in [-0.05, 0) is 18.4 Å². The van der Waals surface area contributed by atoms with Gasteiger partial charge in [0.05, 0.1) is 17.3 Å². The van der Waals surface area contributed by atoms with E-state index in [2.05, 4.69) is 0 Å². The average Bonchev–Trinajstić information content (AvgIpc) is 2.48. The van der Waals surface area contributed by atoms with E-state index in [1.807, 2.05) is 0 Å². The highest BCUT2D eigenvalue weighted by Crippen LogP contribution is 2.18. The molecular formula is C14H16N2O5. The molecule has 1 heterocycles. The summed E-state index contributed by atoms with van der Waals surface area (Å²) in [5, 5.41) is 19.6. The van der Waals surface area contributed by atoms with Crippen molar-refractivity contribution in [3.8, 4) is 0 Å². The van der Waals surface area contributed by atoms with E-state index in [-0.39, 0.29) is 24.6 Å². The summed E-state index contributed by atoms with van der Waals surface area (Å²) in [6.45, 7) is 0.802. The zero-order valence-corrected chi connectivity index (χ0v) is 11.4. The molecule has 0 bridgehead atoms. The lowest BCUT2D eigenvalue weighted by Crippen LogP contribution is -2.42. The van der Waals surface area contributed by atoms with E-state index in [1.54, 1.807) is 17.0 Å². The van der Waals surface area contributed by atoms with Crippen LogP contribution in [-0.4, -0.2) is 39.9 Å². The van der Waals surface area contributed by atoms with Crippen molar-refractivity contribution in [3.63, 3.8) is 0 Å². The Balaban J connectivity index is 1.97. The van der Waals surface area contributed by atoms with E-state index < -0.39 is 16.8 Å². The fraction of sp³-hybridized carbons (Fsp3) is 0.429. The molecule has 1 atom stereocenters. The highest BCUT2D eigenvalue weighted by molar-refractivity contribution is 5.80. The maximum atomic E-state index is 12.2. The van der Waals surface area contributed by atoms with Crippen LogP contribution >= 0.6 is 0 Å². The second-order valence-corrected chi connectivity index (χ2v) is 5.12. The smallest absolute Gasteiger partial charge is 0.308 e. The molecule has 1 aliphatic rings. The van der Waals surface area contributed by atoms with Gasteiger partial charge in [-0.1, -0.05) is 12.1 Å². The Morgan fingerprint density at radius 1 is 1.33 bits per heavy atom. The number of carboxylic acids is 1. The summed E-state index contributed by atoms with van der Waals surface area (Å²) in [5.41, 5.74) is 0.665. The summed E-state index contributed by atoms with van der Waals surface area (Å²) in [6, 6.07) is 5.82. The molecular weight excluding hydrogens is 276 g/mol. The Morgan fingerprint density at radius 2 is 2.00 bits per heavy atom. The maximum Gasteiger partial charge on any atom is 0.308 e. The second kappa shape index (κ2) is 6.34. The van der Waals surface area contributed by atoms with E-state index >= 15 is 0 Å². The quantitative estimate of drug-likeness (QED) is 0.668. The number of non-ortho nitro benzene ring substituents is 1. The molecule has 112 valence electrons.